The minimum Gasteiger partial charge on any atom is -0.485 e. The van der Waals surface area contributed by atoms with Gasteiger partial charge in [-0.3, -0.25) is 0 Å². The van der Waals surface area contributed by atoms with Gasteiger partial charge in [0.25, 0.3) is 0 Å². The lowest BCUT2D eigenvalue weighted by atomic mass is 10.1. The third kappa shape index (κ3) is 3.95. The Morgan fingerprint density at radius 1 is 1.38 bits per heavy atom. The van der Waals surface area contributed by atoms with E-state index in [2.05, 4.69) is 29.2 Å². The molecule has 1 heterocycles. The van der Waals surface area contributed by atoms with E-state index in [0.717, 1.165) is 30.2 Å². The number of aryl methyl sites for hydroxylation is 1. The second-order valence-electron chi connectivity index (χ2n) is 4.74. The van der Waals surface area contributed by atoms with Crippen LogP contribution >= 0.6 is 11.6 Å². The lowest BCUT2D eigenvalue weighted by Gasteiger charge is -2.18. The molecular weight excluding hydrogens is 288 g/mol. The molecule has 2 aromatic rings. The molecule has 0 saturated carbocycles. The van der Waals surface area contributed by atoms with E-state index in [1.807, 2.05) is 29.8 Å². The Kier molecular flexibility index (Phi) is 5.59. The topological polar surface area (TPSA) is 52.0 Å². The van der Waals surface area contributed by atoms with Crippen molar-refractivity contribution in [1.29, 1.82) is 0 Å². The third-order valence-electron chi connectivity index (χ3n) is 3.30. The van der Waals surface area contributed by atoms with Crippen LogP contribution < -0.4 is 10.1 Å². The van der Waals surface area contributed by atoms with Gasteiger partial charge in [-0.05, 0) is 38.6 Å². The van der Waals surface area contributed by atoms with Crippen LogP contribution in [0.5, 0.6) is 5.75 Å². The van der Waals surface area contributed by atoms with Gasteiger partial charge in [-0.2, -0.15) is 5.10 Å². The predicted molar refractivity (Wildman–Crippen MR) is 83.6 cm³/mol. The predicted octanol–water partition coefficient (Wildman–Crippen LogP) is 3.20. The van der Waals surface area contributed by atoms with Crippen molar-refractivity contribution in [3.63, 3.8) is 0 Å². The number of halogens is 1. The van der Waals surface area contributed by atoms with E-state index < -0.39 is 0 Å². The fourth-order valence-electron chi connectivity index (χ4n) is 2.21. The molecule has 0 aliphatic rings. The highest BCUT2D eigenvalue weighted by molar-refractivity contribution is 6.30. The molecule has 5 nitrogen and oxygen atoms in total. The molecule has 1 aromatic heterocycles. The van der Waals surface area contributed by atoms with Crippen LogP contribution in [-0.4, -0.2) is 21.3 Å². The van der Waals surface area contributed by atoms with E-state index in [1.165, 1.54) is 0 Å². The minimum absolute atomic E-state index is 0.174. The highest BCUT2D eigenvalue weighted by Crippen LogP contribution is 2.28. The first-order valence-electron chi connectivity index (χ1n) is 7.18. The maximum atomic E-state index is 6.10. The van der Waals surface area contributed by atoms with Gasteiger partial charge in [0.1, 0.15) is 18.7 Å². The molecule has 0 saturated heterocycles. The maximum absolute atomic E-state index is 6.10. The van der Waals surface area contributed by atoms with Crippen LogP contribution in [-0.2, 0) is 13.2 Å². The Bertz CT molecular complexity index is 585. The molecule has 1 atom stereocenters. The smallest absolute Gasteiger partial charge is 0.164 e. The Morgan fingerprint density at radius 2 is 2.19 bits per heavy atom. The second-order valence-corrected chi connectivity index (χ2v) is 5.18. The number of nitrogens with one attached hydrogen (secondary N) is 1. The minimum atomic E-state index is 0.174. The second kappa shape index (κ2) is 7.43. The van der Waals surface area contributed by atoms with E-state index in [1.54, 1.807) is 6.33 Å². The number of rotatable bonds is 7. The van der Waals surface area contributed by atoms with Crippen LogP contribution in [0.15, 0.2) is 24.5 Å². The summed E-state index contributed by atoms with van der Waals surface area (Å²) in [4.78, 5) is 4.22. The van der Waals surface area contributed by atoms with E-state index in [4.69, 9.17) is 16.3 Å². The average molecular weight is 309 g/mol. The van der Waals surface area contributed by atoms with Gasteiger partial charge in [0.15, 0.2) is 5.82 Å². The molecule has 0 radical (unpaired) electrons. The highest BCUT2D eigenvalue weighted by Gasteiger charge is 2.13. The van der Waals surface area contributed by atoms with Crippen molar-refractivity contribution in [2.24, 2.45) is 0 Å². The van der Waals surface area contributed by atoms with Gasteiger partial charge in [0.05, 0.1) is 0 Å². The average Bonchev–Trinajstić information content (AvgIpc) is 2.93. The van der Waals surface area contributed by atoms with Crippen LogP contribution in [0.3, 0.4) is 0 Å². The van der Waals surface area contributed by atoms with Crippen molar-refractivity contribution < 1.29 is 4.74 Å². The number of hydrogen-bond acceptors (Lipinski definition) is 4. The van der Waals surface area contributed by atoms with Gasteiger partial charge < -0.3 is 10.1 Å². The normalized spacial score (nSPS) is 12.4. The van der Waals surface area contributed by atoms with E-state index in [-0.39, 0.29) is 6.04 Å². The molecule has 1 N–H and O–H groups in total. The first-order valence-corrected chi connectivity index (χ1v) is 7.55. The largest absolute Gasteiger partial charge is 0.485 e. The zero-order chi connectivity index (χ0) is 15.2. The van der Waals surface area contributed by atoms with Gasteiger partial charge in [0.2, 0.25) is 0 Å². The molecule has 114 valence electrons. The lowest BCUT2D eigenvalue weighted by molar-refractivity contribution is 0.282. The lowest BCUT2D eigenvalue weighted by Crippen LogP contribution is -2.18. The van der Waals surface area contributed by atoms with E-state index in [9.17, 15) is 0 Å². The standard InChI is InChI=1S/C15H21ClN4O/c1-4-17-11(3)13-8-12(16)6-7-14(13)21-9-15-18-10-19-20(15)5-2/h6-8,10-11,17H,4-5,9H2,1-3H3. The number of hydrogen-bond donors (Lipinski definition) is 1. The van der Waals surface area contributed by atoms with Gasteiger partial charge in [-0.1, -0.05) is 18.5 Å². The quantitative estimate of drug-likeness (QED) is 0.853. The van der Waals surface area contributed by atoms with Crippen LogP contribution in [0, 0.1) is 0 Å². The summed E-state index contributed by atoms with van der Waals surface area (Å²) in [6, 6.07) is 5.85. The molecule has 6 heteroatoms. The molecule has 2 rings (SSSR count). The molecule has 1 aromatic carbocycles. The van der Waals surface area contributed by atoms with Gasteiger partial charge in [0, 0.05) is 23.2 Å². The van der Waals surface area contributed by atoms with Crippen molar-refractivity contribution >= 4 is 11.6 Å². The third-order valence-corrected chi connectivity index (χ3v) is 3.54. The van der Waals surface area contributed by atoms with Crippen LogP contribution in [0.4, 0.5) is 0 Å². The van der Waals surface area contributed by atoms with Crippen LogP contribution in [0.1, 0.15) is 38.2 Å². The monoisotopic (exact) mass is 308 g/mol. The molecule has 0 amide bonds. The van der Waals surface area contributed by atoms with Crippen molar-refractivity contribution in [3.8, 4) is 5.75 Å². The molecule has 0 bridgehead atoms. The summed E-state index contributed by atoms with van der Waals surface area (Å²) in [5, 5.41) is 8.22. The summed E-state index contributed by atoms with van der Waals surface area (Å²) in [5.74, 6) is 1.63. The van der Waals surface area contributed by atoms with Crippen molar-refractivity contribution in [2.45, 2.75) is 40.0 Å². The first-order chi connectivity index (χ1) is 10.2. The number of benzene rings is 1. The fourth-order valence-corrected chi connectivity index (χ4v) is 2.39. The van der Waals surface area contributed by atoms with Gasteiger partial charge in [-0.15, -0.1) is 0 Å². The molecule has 0 spiro atoms. The molecule has 0 aliphatic carbocycles. The SMILES string of the molecule is CCNC(C)c1cc(Cl)ccc1OCc1ncnn1CC. The first kappa shape index (κ1) is 15.8. The molecule has 0 aliphatic heterocycles. The Labute approximate surface area is 130 Å². The highest BCUT2D eigenvalue weighted by atomic mass is 35.5. The Balaban J connectivity index is 2.15. The molecule has 1 unspecified atom stereocenters. The number of nitrogens with zero attached hydrogens (tertiary/aromatic N) is 3. The summed E-state index contributed by atoms with van der Waals surface area (Å²) < 4.78 is 7.75. The van der Waals surface area contributed by atoms with E-state index in [0.29, 0.717) is 11.6 Å². The summed E-state index contributed by atoms with van der Waals surface area (Å²) >= 11 is 6.10. The Morgan fingerprint density at radius 3 is 2.90 bits per heavy atom. The zero-order valence-electron chi connectivity index (χ0n) is 12.6. The van der Waals surface area contributed by atoms with Crippen molar-refractivity contribution in [2.75, 3.05) is 6.54 Å². The summed E-state index contributed by atoms with van der Waals surface area (Å²) in [7, 11) is 0. The summed E-state index contributed by atoms with van der Waals surface area (Å²) in [6.07, 6.45) is 1.55. The van der Waals surface area contributed by atoms with E-state index >= 15 is 0 Å². The maximum Gasteiger partial charge on any atom is 0.164 e. The van der Waals surface area contributed by atoms with Crippen molar-refractivity contribution in [3.05, 3.63) is 40.9 Å². The number of aromatic nitrogens is 3. The molecule has 0 fully saturated rings. The molecular formula is C15H21ClN4O. The number of ether oxygens (including phenoxy) is 1. The molecule has 21 heavy (non-hydrogen) atoms. The Hall–Kier alpha value is -1.59. The van der Waals surface area contributed by atoms with Crippen LogP contribution in [0.25, 0.3) is 0 Å². The van der Waals surface area contributed by atoms with Crippen LogP contribution in [0.2, 0.25) is 5.02 Å². The van der Waals surface area contributed by atoms with Gasteiger partial charge in [-0.25, -0.2) is 9.67 Å². The summed E-state index contributed by atoms with van der Waals surface area (Å²) in [5.41, 5.74) is 1.05. The zero-order valence-corrected chi connectivity index (χ0v) is 13.4. The summed E-state index contributed by atoms with van der Waals surface area (Å²) in [6.45, 7) is 8.25. The fraction of sp³-hybridized carbons (Fsp3) is 0.467. The van der Waals surface area contributed by atoms with Gasteiger partial charge >= 0.3 is 0 Å². The van der Waals surface area contributed by atoms with Crippen molar-refractivity contribution in [1.82, 2.24) is 20.1 Å².